The number of benzene rings is 2. The number of carbonyl (C=O) groups is 1. The van der Waals surface area contributed by atoms with E-state index in [2.05, 4.69) is 69.6 Å². The van der Waals surface area contributed by atoms with Crippen LogP contribution in [-0.4, -0.2) is 41.8 Å². The fraction of sp³-hybridized carbons (Fsp3) is 0.590. The van der Waals surface area contributed by atoms with Crippen molar-refractivity contribution in [3.8, 4) is 16.9 Å². The Kier molecular flexibility index (Phi) is 15.2. The highest BCUT2D eigenvalue weighted by atomic mass is 16.3. The first-order chi connectivity index (χ1) is 20.6. The second-order valence-corrected chi connectivity index (χ2v) is 12.8. The summed E-state index contributed by atoms with van der Waals surface area (Å²) in [7, 11) is 0. The van der Waals surface area contributed by atoms with Gasteiger partial charge in [0, 0.05) is 25.2 Å². The molecule has 0 radical (unpaired) electrons. The molecular weight excluding hydrogens is 528 g/mol. The van der Waals surface area contributed by atoms with Gasteiger partial charge in [-0.1, -0.05) is 65.8 Å². The molecule has 0 aliphatic heterocycles. The molecule has 2 saturated carbocycles. The van der Waals surface area contributed by atoms with E-state index in [-0.39, 0.29) is 5.41 Å². The van der Waals surface area contributed by atoms with Crippen LogP contribution < -0.4 is 0 Å². The lowest BCUT2D eigenvalue weighted by atomic mass is 9.54. The predicted octanol–water partition coefficient (Wildman–Crippen LogP) is 10.3. The van der Waals surface area contributed by atoms with Crippen molar-refractivity contribution in [2.75, 3.05) is 19.6 Å². The molecule has 2 aromatic carbocycles. The average Bonchev–Trinajstić information content (AvgIpc) is 2.98. The second-order valence-electron chi connectivity index (χ2n) is 12.8. The number of fused-ring (bicyclic) bond motifs is 2. The lowest BCUT2D eigenvalue weighted by Crippen LogP contribution is -2.42. The summed E-state index contributed by atoms with van der Waals surface area (Å²) in [6.07, 6.45) is 11.4. The summed E-state index contributed by atoms with van der Waals surface area (Å²) in [5, 5.41) is 10.9. The molecule has 0 spiro atoms. The van der Waals surface area contributed by atoms with Crippen LogP contribution in [0, 0.1) is 17.8 Å². The van der Waals surface area contributed by atoms with E-state index in [4.69, 9.17) is 0 Å². The number of aliphatic imine (C=N–C) groups is 1. The monoisotopic (exact) mass is 588 g/mol. The maximum Gasteiger partial charge on any atom is 0.145 e. The topological polar surface area (TPSA) is 52.9 Å². The molecule has 1 N–H and O–H groups in total. The molecular formula is C39H60N2O2. The number of nitrogens with zero attached hydrogens (tertiary/aromatic N) is 2. The van der Waals surface area contributed by atoms with Gasteiger partial charge in [0.15, 0.2) is 0 Å². The van der Waals surface area contributed by atoms with Gasteiger partial charge in [0.05, 0.1) is 5.84 Å². The Morgan fingerprint density at radius 3 is 2.09 bits per heavy atom. The minimum Gasteiger partial charge on any atom is -0.508 e. The highest BCUT2D eigenvalue weighted by Gasteiger charge is 2.46. The third-order valence-electron chi connectivity index (χ3n) is 8.83. The fourth-order valence-corrected chi connectivity index (χ4v) is 7.58. The number of amidine groups is 1. The summed E-state index contributed by atoms with van der Waals surface area (Å²) < 4.78 is 0. The normalized spacial score (nSPS) is 23.3. The summed E-state index contributed by atoms with van der Waals surface area (Å²) >= 11 is 0. The molecule has 2 aliphatic carbocycles. The van der Waals surface area contributed by atoms with Gasteiger partial charge < -0.3 is 10.0 Å². The number of phenols is 1. The molecule has 2 aliphatic rings. The summed E-state index contributed by atoms with van der Waals surface area (Å²) in [5.41, 5.74) is 5.25. The Labute approximate surface area is 263 Å². The number of carbonyl (C=O) groups excluding carboxylic acids is 1. The lowest BCUT2D eigenvalue weighted by Gasteiger charge is -2.50. The zero-order chi connectivity index (χ0) is 32.0. The third-order valence-corrected chi connectivity index (χ3v) is 8.83. The molecule has 0 aromatic heterocycles. The van der Waals surface area contributed by atoms with Gasteiger partial charge >= 0.3 is 0 Å². The van der Waals surface area contributed by atoms with E-state index < -0.39 is 0 Å². The summed E-state index contributed by atoms with van der Waals surface area (Å²) in [5.74, 6) is 3.85. The van der Waals surface area contributed by atoms with Crippen LogP contribution in [-0.2, 0) is 10.2 Å². The minimum absolute atomic E-state index is 0.103. The predicted molar refractivity (Wildman–Crippen MR) is 187 cm³/mol. The van der Waals surface area contributed by atoms with Crippen LogP contribution in [0.5, 0.6) is 5.75 Å². The smallest absolute Gasteiger partial charge is 0.145 e. The van der Waals surface area contributed by atoms with Gasteiger partial charge in [-0.25, -0.2) is 0 Å². The van der Waals surface area contributed by atoms with E-state index in [0.29, 0.717) is 23.2 Å². The molecule has 4 heteroatoms. The van der Waals surface area contributed by atoms with Crippen molar-refractivity contribution in [2.24, 2.45) is 22.7 Å². The zero-order valence-electron chi connectivity index (χ0n) is 28.7. The van der Waals surface area contributed by atoms with E-state index in [1.165, 1.54) is 50.8 Å². The molecule has 4 rings (SSSR count). The SMILES string of the molecule is C/C(C=O)=C\c1cccc(-c2ccc(O)c(C34CC(C)CC(CC(C)C3)C4)c2)c1.CC.CCCN(CCC)C(C)=NCC. The molecule has 43 heavy (non-hydrogen) atoms. The summed E-state index contributed by atoms with van der Waals surface area (Å²) in [4.78, 5) is 17.7. The van der Waals surface area contributed by atoms with Crippen LogP contribution >= 0.6 is 0 Å². The Morgan fingerprint density at radius 2 is 1.53 bits per heavy atom. The number of hydrogen-bond donors (Lipinski definition) is 1. The van der Waals surface area contributed by atoms with E-state index in [1.807, 2.05) is 51.1 Å². The number of allylic oxidation sites excluding steroid dienone is 1. The molecule has 2 bridgehead atoms. The van der Waals surface area contributed by atoms with Gasteiger partial charge in [0.1, 0.15) is 12.0 Å². The first kappa shape index (κ1) is 36.3. The average molecular weight is 589 g/mol. The summed E-state index contributed by atoms with van der Waals surface area (Å²) in [6, 6.07) is 14.4. The summed E-state index contributed by atoms with van der Waals surface area (Å²) in [6.45, 7) is 22.4. The lowest BCUT2D eigenvalue weighted by molar-refractivity contribution is -0.104. The Bertz CT molecular complexity index is 1170. The van der Waals surface area contributed by atoms with Crippen molar-refractivity contribution < 1.29 is 9.90 Å². The van der Waals surface area contributed by atoms with Crippen molar-refractivity contribution >= 4 is 18.2 Å². The maximum atomic E-state index is 11.0. The van der Waals surface area contributed by atoms with Gasteiger partial charge in [-0.2, -0.15) is 0 Å². The van der Waals surface area contributed by atoms with E-state index in [9.17, 15) is 9.90 Å². The first-order valence-electron chi connectivity index (χ1n) is 17.0. The van der Waals surface area contributed by atoms with Crippen molar-refractivity contribution in [3.05, 3.63) is 59.2 Å². The van der Waals surface area contributed by atoms with Crippen LogP contribution in [0.25, 0.3) is 17.2 Å². The van der Waals surface area contributed by atoms with Crippen molar-refractivity contribution in [1.29, 1.82) is 0 Å². The molecule has 238 valence electrons. The molecule has 0 saturated heterocycles. The number of aldehydes is 1. The van der Waals surface area contributed by atoms with Crippen molar-refractivity contribution in [1.82, 2.24) is 4.90 Å². The van der Waals surface area contributed by atoms with Gasteiger partial charge in [-0.05, 0) is 135 Å². The van der Waals surface area contributed by atoms with Crippen LogP contribution in [0.4, 0.5) is 0 Å². The quantitative estimate of drug-likeness (QED) is 0.137. The first-order valence-corrected chi connectivity index (χ1v) is 17.0. The molecule has 2 fully saturated rings. The minimum atomic E-state index is 0.103. The number of hydrogen-bond acceptors (Lipinski definition) is 3. The van der Waals surface area contributed by atoms with Crippen LogP contribution in [0.2, 0.25) is 0 Å². The maximum absolute atomic E-state index is 11.0. The van der Waals surface area contributed by atoms with E-state index >= 15 is 0 Å². The van der Waals surface area contributed by atoms with Crippen LogP contribution in [0.1, 0.15) is 118 Å². The number of rotatable bonds is 9. The standard InChI is InChI=1S/C27H32O2.C10H22N2.C2H6/c1-18-9-22-10-19(2)15-27(14-18,16-22)25-13-24(7-8-26(25)29)23-6-4-5-21(12-23)11-20(3)17-28;1-5-8-12(9-6-2)10(4)11-7-3;1-2/h4-8,11-13,17-19,22,29H,9-10,14-16H2,1-3H3;5-9H2,1-4H3;1-2H3/b20-11+;;. The van der Waals surface area contributed by atoms with E-state index in [0.717, 1.165) is 54.1 Å². The molecule has 0 heterocycles. The zero-order valence-corrected chi connectivity index (χ0v) is 28.7. The number of phenolic OH excluding ortho intramolecular Hbond substituents is 1. The van der Waals surface area contributed by atoms with Gasteiger partial charge in [0.2, 0.25) is 0 Å². The Morgan fingerprint density at radius 1 is 0.930 bits per heavy atom. The fourth-order valence-electron chi connectivity index (χ4n) is 7.58. The van der Waals surface area contributed by atoms with E-state index in [1.54, 1.807) is 0 Å². The largest absolute Gasteiger partial charge is 0.508 e. The molecule has 2 unspecified atom stereocenters. The Hall–Kier alpha value is -2.88. The van der Waals surface area contributed by atoms with Gasteiger partial charge in [-0.15, -0.1) is 0 Å². The molecule has 0 amide bonds. The highest BCUT2D eigenvalue weighted by Crippen LogP contribution is 2.56. The molecule has 4 nitrogen and oxygen atoms in total. The van der Waals surface area contributed by atoms with Gasteiger partial charge in [0.25, 0.3) is 0 Å². The molecule has 2 aromatic rings. The number of aromatic hydroxyl groups is 1. The van der Waals surface area contributed by atoms with Crippen LogP contribution in [0.15, 0.2) is 53.0 Å². The van der Waals surface area contributed by atoms with Crippen molar-refractivity contribution in [3.63, 3.8) is 0 Å². The second kappa shape index (κ2) is 18.0. The van der Waals surface area contributed by atoms with Gasteiger partial charge in [-0.3, -0.25) is 9.79 Å². The Balaban J connectivity index is 0.000000391. The van der Waals surface area contributed by atoms with Crippen molar-refractivity contribution in [2.45, 2.75) is 113 Å². The highest BCUT2D eigenvalue weighted by molar-refractivity contribution is 5.82. The van der Waals surface area contributed by atoms with Crippen LogP contribution in [0.3, 0.4) is 0 Å². The third kappa shape index (κ3) is 10.4. The molecule has 2 atom stereocenters.